The van der Waals surface area contributed by atoms with E-state index >= 15 is 0 Å². The fourth-order valence-electron chi connectivity index (χ4n) is 2.96. The molecule has 23 heavy (non-hydrogen) atoms. The predicted octanol–water partition coefficient (Wildman–Crippen LogP) is 2.18. The quantitative estimate of drug-likeness (QED) is 0.859. The second kappa shape index (κ2) is 6.31. The molecule has 1 aliphatic heterocycles. The van der Waals surface area contributed by atoms with Crippen molar-refractivity contribution in [2.75, 3.05) is 19.0 Å². The topological polar surface area (TPSA) is 75.7 Å². The number of nitrogens with zero attached hydrogens (tertiary/aromatic N) is 1. The summed E-state index contributed by atoms with van der Waals surface area (Å²) in [4.78, 5) is 38.7. The van der Waals surface area contributed by atoms with Gasteiger partial charge < -0.3 is 15.0 Å². The predicted molar refractivity (Wildman–Crippen MR) is 86.4 cm³/mol. The molecule has 7 heteroatoms. The molecule has 0 spiro atoms. The largest absolute Gasteiger partial charge is 0.465 e. The van der Waals surface area contributed by atoms with Gasteiger partial charge in [-0.05, 0) is 24.8 Å². The molecule has 0 bridgehead atoms. The maximum Gasteiger partial charge on any atom is 0.341 e. The highest BCUT2D eigenvalue weighted by molar-refractivity contribution is 7.17. The number of nitrogens with one attached hydrogen (secondary N) is 1. The molecule has 2 amide bonds. The Bertz CT molecular complexity index is 663. The first-order valence-corrected chi connectivity index (χ1v) is 8.62. The number of hydrogen-bond acceptors (Lipinski definition) is 5. The maximum atomic E-state index is 12.2. The molecule has 124 valence electrons. The van der Waals surface area contributed by atoms with E-state index in [1.54, 1.807) is 11.8 Å². The van der Waals surface area contributed by atoms with Crippen molar-refractivity contribution in [3.8, 4) is 0 Å². The summed E-state index contributed by atoms with van der Waals surface area (Å²) in [6, 6.07) is 0. The number of hydrogen-bond donors (Lipinski definition) is 1. The van der Waals surface area contributed by atoms with E-state index < -0.39 is 5.97 Å². The molecule has 1 aliphatic carbocycles. The van der Waals surface area contributed by atoms with Crippen LogP contribution >= 0.6 is 11.3 Å². The van der Waals surface area contributed by atoms with Crippen LogP contribution in [0.4, 0.5) is 5.00 Å². The summed E-state index contributed by atoms with van der Waals surface area (Å²) in [7, 11) is 1.34. The van der Waals surface area contributed by atoms with Crippen LogP contribution in [-0.2, 0) is 27.3 Å². The lowest BCUT2D eigenvalue weighted by atomic mass is 9.85. The number of anilines is 1. The molecule has 3 rings (SSSR count). The van der Waals surface area contributed by atoms with Crippen LogP contribution in [0.5, 0.6) is 0 Å². The van der Waals surface area contributed by atoms with Gasteiger partial charge in [0, 0.05) is 24.3 Å². The van der Waals surface area contributed by atoms with Crippen LogP contribution in [0.1, 0.15) is 47.0 Å². The molecular weight excluding hydrogens is 316 g/mol. The summed E-state index contributed by atoms with van der Waals surface area (Å²) in [6.07, 6.45) is 3.50. The summed E-state index contributed by atoms with van der Waals surface area (Å²) in [6.45, 7) is 2.61. The molecule has 1 N–H and O–H groups in total. The van der Waals surface area contributed by atoms with E-state index in [1.807, 2.05) is 0 Å². The normalized spacial score (nSPS) is 17.2. The zero-order valence-corrected chi connectivity index (χ0v) is 14.1. The molecular formula is C16H20N2O4S. The van der Waals surface area contributed by atoms with Crippen LogP contribution in [0.2, 0.25) is 0 Å². The van der Waals surface area contributed by atoms with E-state index in [-0.39, 0.29) is 17.7 Å². The van der Waals surface area contributed by atoms with Gasteiger partial charge in [-0.25, -0.2) is 4.79 Å². The van der Waals surface area contributed by atoms with Crippen molar-refractivity contribution in [3.63, 3.8) is 0 Å². The highest BCUT2D eigenvalue weighted by atomic mass is 32.1. The first kappa shape index (κ1) is 16.0. The average molecular weight is 336 g/mol. The lowest BCUT2D eigenvalue weighted by Gasteiger charge is -2.25. The van der Waals surface area contributed by atoms with Crippen molar-refractivity contribution >= 4 is 34.1 Å². The monoisotopic (exact) mass is 336 g/mol. The Morgan fingerprint density at radius 3 is 2.61 bits per heavy atom. The molecule has 1 fully saturated rings. The molecule has 0 saturated heterocycles. The number of carbonyl (C=O) groups is 3. The summed E-state index contributed by atoms with van der Waals surface area (Å²) in [5.41, 5.74) is 1.37. The highest BCUT2D eigenvalue weighted by Gasteiger charge is 2.32. The standard InChI is InChI=1S/C16H20N2O4S/c1-9(19)18-7-6-11-12(8-18)23-15(13(11)16(21)22-2)17-14(20)10-4-3-5-10/h10H,3-8H2,1-2H3,(H,17,20). The number of rotatable bonds is 3. The highest BCUT2D eigenvalue weighted by Crippen LogP contribution is 2.38. The van der Waals surface area contributed by atoms with Gasteiger partial charge in [-0.3, -0.25) is 9.59 Å². The van der Waals surface area contributed by atoms with Gasteiger partial charge in [0.25, 0.3) is 0 Å². The second-order valence-electron chi connectivity index (χ2n) is 6.01. The van der Waals surface area contributed by atoms with Gasteiger partial charge in [0.05, 0.1) is 19.2 Å². The van der Waals surface area contributed by atoms with E-state index in [2.05, 4.69) is 5.32 Å². The minimum atomic E-state index is -0.428. The summed E-state index contributed by atoms with van der Waals surface area (Å²) in [5, 5.41) is 3.46. The first-order chi connectivity index (χ1) is 11.0. The van der Waals surface area contributed by atoms with Gasteiger partial charge in [-0.1, -0.05) is 6.42 Å². The zero-order chi connectivity index (χ0) is 16.6. The van der Waals surface area contributed by atoms with Crippen LogP contribution in [0.25, 0.3) is 0 Å². The van der Waals surface area contributed by atoms with Gasteiger partial charge in [-0.15, -0.1) is 11.3 Å². The molecule has 0 unspecified atom stereocenters. The molecule has 1 saturated carbocycles. The van der Waals surface area contributed by atoms with E-state index in [0.29, 0.717) is 30.1 Å². The fourth-order valence-corrected chi connectivity index (χ4v) is 4.22. The van der Waals surface area contributed by atoms with Gasteiger partial charge in [0.1, 0.15) is 5.00 Å². The van der Waals surface area contributed by atoms with Crippen LogP contribution in [-0.4, -0.2) is 36.3 Å². The van der Waals surface area contributed by atoms with Crippen LogP contribution < -0.4 is 5.32 Å². The van der Waals surface area contributed by atoms with Crippen molar-refractivity contribution < 1.29 is 19.1 Å². The van der Waals surface area contributed by atoms with E-state index in [9.17, 15) is 14.4 Å². The molecule has 0 radical (unpaired) electrons. The van der Waals surface area contributed by atoms with E-state index in [4.69, 9.17) is 4.74 Å². The Hall–Kier alpha value is -1.89. The molecule has 6 nitrogen and oxygen atoms in total. The molecule has 0 atom stereocenters. The maximum absolute atomic E-state index is 12.2. The van der Waals surface area contributed by atoms with Crippen LogP contribution in [0.15, 0.2) is 0 Å². The third kappa shape index (κ3) is 2.97. The van der Waals surface area contributed by atoms with Crippen molar-refractivity contribution in [2.45, 2.75) is 39.2 Å². The molecule has 1 aromatic heterocycles. The van der Waals surface area contributed by atoms with Gasteiger partial charge in [-0.2, -0.15) is 0 Å². The average Bonchev–Trinajstić information content (AvgIpc) is 2.81. The Balaban J connectivity index is 1.90. The van der Waals surface area contributed by atoms with Crippen LogP contribution in [0, 0.1) is 5.92 Å². The SMILES string of the molecule is COC(=O)c1c(NC(=O)C2CCC2)sc2c1CCN(C(C)=O)C2. The number of thiophene rings is 1. The Kier molecular flexibility index (Phi) is 4.39. The Morgan fingerprint density at radius 1 is 1.30 bits per heavy atom. The number of methoxy groups -OCH3 is 1. The number of carbonyl (C=O) groups excluding carboxylic acids is 3. The Labute approximate surface area is 138 Å². The van der Waals surface area contributed by atoms with Crippen molar-refractivity contribution in [1.82, 2.24) is 4.90 Å². The molecule has 0 aromatic carbocycles. The summed E-state index contributed by atoms with van der Waals surface area (Å²) in [5.74, 6) is -0.386. The lowest BCUT2D eigenvalue weighted by molar-refractivity contribution is -0.129. The minimum Gasteiger partial charge on any atom is -0.465 e. The lowest BCUT2D eigenvalue weighted by Crippen LogP contribution is -2.34. The number of esters is 1. The number of fused-ring (bicyclic) bond motifs is 1. The Morgan fingerprint density at radius 2 is 2.04 bits per heavy atom. The molecule has 2 aliphatic rings. The van der Waals surface area contributed by atoms with Crippen molar-refractivity contribution in [2.24, 2.45) is 5.92 Å². The minimum absolute atomic E-state index is 0.0173. The van der Waals surface area contributed by atoms with Gasteiger partial charge in [0.2, 0.25) is 11.8 Å². The van der Waals surface area contributed by atoms with Crippen molar-refractivity contribution in [3.05, 3.63) is 16.0 Å². The van der Waals surface area contributed by atoms with Gasteiger partial charge in [0.15, 0.2) is 0 Å². The van der Waals surface area contributed by atoms with E-state index in [1.165, 1.54) is 18.4 Å². The zero-order valence-electron chi connectivity index (χ0n) is 13.3. The molecule has 2 heterocycles. The van der Waals surface area contributed by atoms with Gasteiger partial charge >= 0.3 is 5.97 Å². The summed E-state index contributed by atoms with van der Waals surface area (Å²) < 4.78 is 4.89. The summed E-state index contributed by atoms with van der Waals surface area (Å²) >= 11 is 1.38. The second-order valence-corrected chi connectivity index (χ2v) is 7.11. The number of amides is 2. The third-order valence-corrected chi connectivity index (χ3v) is 5.74. The third-order valence-electron chi connectivity index (χ3n) is 4.60. The fraction of sp³-hybridized carbons (Fsp3) is 0.562. The number of ether oxygens (including phenoxy) is 1. The molecule has 1 aromatic rings. The van der Waals surface area contributed by atoms with Crippen LogP contribution in [0.3, 0.4) is 0 Å². The van der Waals surface area contributed by atoms with Crippen molar-refractivity contribution in [1.29, 1.82) is 0 Å². The first-order valence-electron chi connectivity index (χ1n) is 7.80. The smallest absolute Gasteiger partial charge is 0.341 e. The van der Waals surface area contributed by atoms with E-state index in [0.717, 1.165) is 29.7 Å².